The van der Waals surface area contributed by atoms with Crippen molar-refractivity contribution in [3.63, 3.8) is 0 Å². The minimum Gasteiger partial charge on any atom is -0.393 e. The quantitative estimate of drug-likeness (QED) is 0.439. The molecule has 5 aliphatic rings. The number of rotatable bonds is 5. The molecule has 0 aromatic rings. The molecular weight excluding hydrogens is 408 g/mol. The van der Waals surface area contributed by atoms with Gasteiger partial charge in [0.2, 0.25) is 0 Å². The van der Waals surface area contributed by atoms with Gasteiger partial charge in [-0.15, -0.1) is 0 Å². The zero-order valence-corrected chi connectivity index (χ0v) is 22.9. The fourth-order valence-electron chi connectivity index (χ4n) is 11.0. The lowest BCUT2D eigenvalue weighted by molar-refractivity contribution is -0.158. The molecule has 4 saturated carbocycles. The van der Waals surface area contributed by atoms with Crippen LogP contribution in [-0.2, 0) is 4.74 Å². The van der Waals surface area contributed by atoms with Crippen molar-refractivity contribution in [1.29, 1.82) is 0 Å². The van der Waals surface area contributed by atoms with Gasteiger partial charge in [0.1, 0.15) is 11.2 Å². The van der Waals surface area contributed by atoms with Gasteiger partial charge in [-0.3, -0.25) is 0 Å². The fraction of sp³-hybridized carbons (Fsp3) is 1.00. The van der Waals surface area contributed by atoms with Crippen LogP contribution < -0.4 is 0 Å². The maximum absolute atomic E-state index is 10.9. The summed E-state index contributed by atoms with van der Waals surface area (Å²) in [7, 11) is 0. The maximum atomic E-state index is 10.9. The number of fused-ring (bicyclic) bond motifs is 2. The van der Waals surface area contributed by atoms with E-state index in [1.807, 2.05) is 13.8 Å². The number of epoxide rings is 1. The second-order valence-corrected chi connectivity index (χ2v) is 15.2. The SMILES string of the molecule is CC(CCCC(C)(C)O)C1CC[C@@]2(C)C34CC[C@H]5C(C)(C)[C@@H](O)CC[C@]5(C)C3(CC[C@]12C)O4. The van der Waals surface area contributed by atoms with Gasteiger partial charge in [0, 0.05) is 10.8 Å². The van der Waals surface area contributed by atoms with Crippen LogP contribution in [0.4, 0.5) is 0 Å². The molecule has 3 nitrogen and oxygen atoms in total. The minimum atomic E-state index is -0.547. The molecule has 5 fully saturated rings. The van der Waals surface area contributed by atoms with E-state index in [0.717, 1.165) is 31.6 Å². The van der Waals surface area contributed by atoms with Crippen molar-refractivity contribution in [2.24, 2.45) is 39.4 Å². The molecule has 0 spiro atoms. The third-order valence-electron chi connectivity index (χ3n) is 13.2. The summed E-state index contributed by atoms with van der Waals surface area (Å²) in [5.41, 5.74) is 0.305. The Labute approximate surface area is 203 Å². The Hall–Kier alpha value is -0.120. The third kappa shape index (κ3) is 2.85. The molecule has 190 valence electrons. The van der Waals surface area contributed by atoms with Crippen LogP contribution in [0.3, 0.4) is 0 Å². The maximum Gasteiger partial charge on any atom is 0.104 e. The molecule has 4 aliphatic carbocycles. The van der Waals surface area contributed by atoms with Crippen LogP contribution in [-0.4, -0.2) is 33.1 Å². The molecule has 9 atom stereocenters. The molecular formula is C30H52O3. The number of hydrogen-bond acceptors (Lipinski definition) is 3. The standard InChI is InChI=1S/C30H52O3/c1-20(10-9-14-24(2,3)32)21-11-16-28(8)26(21,6)18-19-29-27(7)15-13-23(31)25(4,5)22(27)12-17-30(28,29)33-29/h20-23,31-32H,9-19H2,1-8H3/t20?,21?,22-,23-,26+,27-,28+,29?,30?/m0/s1. The summed E-state index contributed by atoms with van der Waals surface area (Å²) >= 11 is 0. The summed E-state index contributed by atoms with van der Waals surface area (Å²) in [4.78, 5) is 0. The molecule has 1 heterocycles. The van der Waals surface area contributed by atoms with Crippen molar-refractivity contribution >= 4 is 0 Å². The molecule has 0 radical (unpaired) electrons. The Bertz CT molecular complexity index is 799. The first-order valence-corrected chi connectivity index (χ1v) is 14.2. The van der Waals surface area contributed by atoms with Gasteiger partial charge in [0.05, 0.1) is 11.7 Å². The first-order chi connectivity index (χ1) is 15.1. The van der Waals surface area contributed by atoms with Crippen molar-refractivity contribution in [3.8, 4) is 0 Å². The van der Waals surface area contributed by atoms with E-state index in [4.69, 9.17) is 4.74 Å². The molecule has 1 aliphatic heterocycles. The lowest BCUT2D eigenvalue weighted by Crippen LogP contribution is -2.66. The minimum absolute atomic E-state index is 0.0191. The molecule has 3 heteroatoms. The normalized spacial score (nSPS) is 53.5. The van der Waals surface area contributed by atoms with Gasteiger partial charge in [-0.05, 0) is 100 Å². The van der Waals surface area contributed by atoms with Gasteiger partial charge < -0.3 is 14.9 Å². The molecule has 0 bridgehead atoms. The van der Waals surface area contributed by atoms with E-state index in [2.05, 4.69) is 41.5 Å². The second kappa shape index (κ2) is 7.00. The first-order valence-electron chi connectivity index (χ1n) is 14.2. The highest BCUT2D eigenvalue weighted by molar-refractivity contribution is 5.38. The van der Waals surface area contributed by atoms with Crippen molar-refractivity contribution < 1.29 is 14.9 Å². The van der Waals surface area contributed by atoms with Crippen LogP contribution in [0.5, 0.6) is 0 Å². The van der Waals surface area contributed by atoms with Crippen LogP contribution in [0, 0.1) is 39.4 Å². The van der Waals surface area contributed by atoms with Gasteiger partial charge >= 0.3 is 0 Å². The molecule has 33 heavy (non-hydrogen) atoms. The molecule has 5 rings (SSSR count). The predicted molar refractivity (Wildman–Crippen MR) is 134 cm³/mol. The molecule has 1 saturated heterocycles. The molecule has 2 N–H and O–H groups in total. The summed E-state index contributed by atoms with van der Waals surface area (Å²) in [6, 6.07) is 0. The van der Waals surface area contributed by atoms with E-state index in [9.17, 15) is 10.2 Å². The van der Waals surface area contributed by atoms with Gasteiger partial charge in [-0.25, -0.2) is 0 Å². The average Bonchev–Trinajstić information content (AvgIpc) is 3.33. The summed E-state index contributed by atoms with van der Waals surface area (Å²) < 4.78 is 7.24. The Morgan fingerprint density at radius 2 is 1.58 bits per heavy atom. The van der Waals surface area contributed by atoms with Gasteiger partial charge in [-0.2, -0.15) is 0 Å². The number of aliphatic hydroxyl groups is 2. The van der Waals surface area contributed by atoms with Crippen molar-refractivity contribution in [2.45, 2.75) is 149 Å². The van der Waals surface area contributed by atoms with Crippen molar-refractivity contribution in [3.05, 3.63) is 0 Å². The second-order valence-electron chi connectivity index (χ2n) is 15.2. The average molecular weight is 461 g/mol. The zero-order chi connectivity index (χ0) is 24.3. The van der Waals surface area contributed by atoms with Crippen LogP contribution in [0.1, 0.15) is 126 Å². The van der Waals surface area contributed by atoms with Crippen LogP contribution in [0.2, 0.25) is 0 Å². The molecule has 0 amide bonds. The van der Waals surface area contributed by atoms with Crippen LogP contribution in [0.15, 0.2) is 0 Å². The Morgan fingerprint density at radius 1 is 0.879 bits per heavy atom. The molecule has 4 unspecified atom stereocenters. The zero-order valence-electron chi connectivity index (χ0n) is 22.9. The van der Waals surface area contributed by atoms with Gasteiger partial charge in [-0.1, -0.05) is 54.4 Å². The Kier molecular flexibility index (Phi) is 5.21. The lowest BCUT2D eigenvalue weighted by Gasteiger charge is -2.64. The van der Waals surface area contributed by atoms with E-state index < -0.39 is 5.60 Å². The van der Waals surface area contributed by atoms with E-state index in [1.54, 1.807) is 0 Å². The van der Waals surface area contributed by atoms with Gasteiger partial charge in [0.15, 0.2) is 0 Å². The number of aliphatic hydroxyl groups excluding tert-OH is 1. The predicted octanol–water partition coefficient (Wildman–Crippen LogP) is 6.89. The highest BCUT2D eigenvalue weighted by atomic mass is 16.6. The van der Waals surface area contributed by atoms with E-state index in [-0.39, 0.29) is 33.6 Å². The number of ether oxygens (including phenoxy) is 1. The fourth-order valence-corrected chi connectivity index (χ4v) is 11.0. The summed E-state index contributed by atoms with van der Waals surface area (Å²) in [5, 5.41) is 21.1. The van der Waals surface area contributed by atoms with Crippen LogP contribution >= 0.6 is 0 Å². The topological polar surface area (TPSA) is 53.0 Å². The Balaban J connectivity index is 1.41. The summed E-state index contributed by atoms with van der Waals surface area (Å²) in [6.45, 7) is 18.8. The van der Waals surface area contributed by atoms with Crippen molar-refractivity contribution in [1.82, 2.24) is 0 Å². The highest BCUT2D eigenvalue weighted by Gasteiger charge is 2.90. The van der Waals surface area contributed by atoms with E-state index in [1.165, 1.54) is 44.9 Å². The van der Waals surface area contributed by atoms with Crippen molar-refractivity contribution in [2.75, 3.05) is 0 Å². The smallest absolute Gasteiger partial charge is 0.104 e. The van der Waals surface area contributed by atoms with E-state index >= 15 is 0 Å². The summed E-state index contributed by atoms with van der Waals surface area (Å²) in [6.07, 6.45) is 12.7. The Morgan fingerprint density at radius 3 is 2.24 bits per heavy atom. The van der Waals surface area contributed by atoms with E-state index in [0.29, 0.717) is 17.3 Å². The lowest BCUT2D eigenvalue weighted by atomic mass is 9.38. The largest absolute Gasteiger partial charge is 0.393 e. The van der Waals surface area contributed by atoms with Gasteiger partial charge in [0.25, 0.3) is 0 Å². The highest BCUT2D eigenvalue weighted by Crippen LogP contribution is 2.86. The molecule has 0 aromatic heterocycles. The van der Waals surface area contributed by atoms with Crippen LogP contribution in [0.25, 0.3) is 0 Å². The monoisotopic (exact) mass is 460 g/mol. The number of hydrogen-bond donors (Lipinski definition) is 2. The summed E-state index contributed by atoms with van der Waals surface area (Å²) in [5.74, 6) is 2.02. The first kappa shape index (κ1) is 24.6. The third-order valence-corrected chi connectivity index (χ3v) is 13.2. The molecule has 0 aromatic carbocycles.